The van der Waals surface area contributed by atoms with Gasteiger partial charge in [0.1, 0.15) is 5.82 Å². The zero-order chi connectivity index (χ0) is 12.0. The molecule has 0 unspecified atom stereocenters. The number of benzene rings is 1. The van der Waals surface area contributed by atoms with Gasteiger partial charge in [-0.2, -0.15) is 5.10 Å². The molecule has 5 nitrogen and oxygen atoms in total. The fourth-order valence-corrected chi connectivity index (χ4v) is 2.21. The molecule has 1 aromatic heterocycles. The molecule has 1 aromatic carbocycles. The van der Waals surface area contributed by atoms with Gasteiger partial charge in [0.2, 0.25) is 5.91 Å². The molecule has 3 rings (SSSR count). The number of anilines is 2. The average Bonchev–Trinajstić information content (AvgIpc) is 2.85. The number of aromatic nitrogens is 2. The van der Waals surface area contributed by atoms with Crippen LogP contribution >= 0.6 is 0 Å². The largest absolute Gasteiger partial charge is 0.382 e. The average molecular weight is 228 g/mol. The Bertz CT molecular complexity index is 602. The van der Waals surface area contributed by atoms with Crippen LogP contribution < -0.4 is 10.6 Å². The summed E-state index contributed by atoms with van der Waals surface area (Å²) in [4.78, 5) is 13.4. The molecular formula is C12H12N4O. The smallest absolute Gasteiger partial charge is 0.231 e. The normalized spacial score (nSPS) is 14.2. The molecule has 17 heavy (non-hydrogen) atoms. The molecule has 0 saturated heterocycles. The second-order valence-electron chi connectivity index (χ2n) is 4.14. The van der Waals surface area contributed by atoms with Gasteiger partial charge in [0.05, 0.1) is 12.1 Å². The predicted octanol–water partition coefficient (Wildman–Crippen LogP) is 1.18. The number of nitrogens with two attached hydrogens (primary N) is 1. The minimum absolute atomic E-state index is 0.111. The van der Waals surface area contributed by atoms with Crippen LogP contribution in [0.25, 0.3) is 11.3 Å². The summed E-state index contributed by atoms with van der Waals surface area (Å²) in [5.74, 6) is 0.565. The number of rotatable bonds is 1. The number of fused-ring (bicyclic) bond motifs is 1. The number of hydrogen-bond acceptors (Lipinski definition) is 3. The first-order valence-electron chi connectivity index (χ1n) is 5.36. The van der Waals surface area contributed by atoms with E-state index < -0.39 is 0 Å². The second kappa shape index (κ2) is 3.35. The lowest BCUT2D eigenvalue weighted by molar-refractivity contribution is -0.117. The number of carbonyl (C=O) groups is 1. The highest BCUT2D eigenvalue weighted by molar-refractivity contribution is 6.03. The van der Waals surface area contributed by atoms with Gasteiger partial charge in [-0.05, 0) is 11.6 Å². The zero-order valence-electron chi connectivity index (χ0n) is 9.40. The Morgan fingerprint density at radius 3 is 3.00 bits per heavy atom. The van der Waals surface area contributed by atoms with Gasteiger partial charge in [-0.1, -0.05) is 12.1 Å². The molecule has 0 bridgehead atoms. The Morgan fingerprint density at radius 1 is 1.47 bits per heavy atom. The van der Waals surface area contributed by atoms with Gasteiger partial charge in [0.25, 0.3) is 0 Å². The fraction of sp³-hybridized carbons (Fsp3) is 0.167. The molecule has 1 aliphatic rings. The van der Waals surface area contributed by atoms with Crippen LogP contribution in [0.5, 0.6) is 0 Å². The molecule has 0 saturated carbocycles. The van der Waals surface area contributed by atoms with E-state index in [1.54, 1.807) is 18.0 Å². The topological polar surface area (TPSA) is 75.0 Å². The van der Waals surface area contributed by atoms with Crippen LogP contribution in [-0.2, 0) is 11.2 Å². The number of hydrogen-bond donors (Lipinski definition) is 2. The SMILES string of the molecule is CN1C(=O)Cc2c(-c3cc(N)n[nH]3)cccc21. The van der Waals surface area contributed by atoms with E-state index in [4.69, 9.17) is 5.73 Å². The minimum Gasteiger partial charge on any atom is -0.382 e. The molecule has 1 aliphatic heterocycles. The summed E-state index contributed by atoms with van der Waals surface area (Å²) >= 11 is 0. The van der Waals surface area contributed by atoms with Gasteiger partial charge in [-0.3, -0.25) is 9.89 Å². The van der Waals surface area contributed by atoms with Crippen LogP contribution in [0.2, 0.25) is 0 Å². The Balaban J connectivity index is 2.18. The Kier molecular flexibility index (Phi) is 1.95. The fourth-order valence-electron chi connectivity index (χ4n) is 2.21. The molecule has 3 N–H and O–H groups in total. The third-order valence-electron chi connectivity index (χ3n) is 3.10. The highest BCUT2D eigenvalue weighted by Gasteiger charge is 2.26. The molecule has 5 heteroatoms. The lowest BCUT2D eigenvalue weighted by Gasteiger charge is -2.10. The highest BCUT2D eigenvalue weighted by atomic mass is 16.2. The molecule has 0 spiro atoms. The summed E-state index contributed by atoms with van der Waals surface area (Å²) in [6.07, 6.45) is 0.431. The van der Waals surface area contributed by atoms with Crippen molar-refractivity contribution >= 4 is 17.4 Å². The predicted molar refractivity (Wildman–Crippen MR) is 65.6 cm³/mol. The van der Waals surface area contributed by atoms with E-state index in [1.165, 1.54) is 0 Å². The van der Waals surface area contributed by atoms with Crippen LogP contribution in [0.4, 0.5) is 11.5 Å². The van der Waals surface area contributed by atoms with Crippen molar-refractivity contribution in [3.8, 4) is 11.3 Å². The van der Waals surface area contributed by atoms with Gasteiger partial charge in [0.15, 0.2) is 0 Å². The number of nitrogens with one attached hydrogen (secondary N) is 1. The molecule has 1 amide bonds. The summed E-state index contributed by atoms with van der Waals surface area (Å²) in [6.45, 7) is 0. The number of carbonyl (C=O) groups excluding carboxylic acids is 1. The summed E-state index contributed by atoms with van der Waals surface area (Å²) in [5, 5.41) is 6.79. The summed E-state index contributed by atoms with van der Waals surface area (Å²) in [7, 11) is 1.79. The van der Waals surface area contributed by atoms with E-state index >= 15 is 0 Å². The third kappa shape index (κ3) is 1.39. The number of nitrogen functional groups attached to an aromatic ring is 1. The molecule has 0 fully saturated rings. The van der Waals surface area contributed by atoms with E-state index in [0.29, 0.717) is 12.2 Å². The summed E-state index contributed by atoms with van der Waals surface area (Å²) in [5.41, 5.74) is 9.43. The third-order valence-corrected chi connectivity index (χ3v) is 3.10. The van der Waals surface area contributed by atoms with Gasteiger partial charge >= 0.3 is 0 Å². The van der Waals surface area contributed by atoms with Crippen molar-refractivity contribution < 1.29 is 4.79 Å². The standard InChI is InChI=1S/C12H12N4O/c1-16-10-4-2-3-7(8(10)5-12(16)17)9-6-11(13)15-14-9/h2-4,6H,5H2,1H3,(H3,13,14,15). The van der Waals surface area contributed by atoms with Crippen molar-refractivity contribution in [1.29, 1.82) is 0 Å². The maximum Gasteiger partial charge on any atom is 0.231 e. The lowest BCUT2D eigenvalue weighted by Crippen LogP contribution is -2.20. The van der Waals surface area contributed by atoms with Gasteiger partial charge in [-0.15, -0.1) is 0 Å². The molecule has 2 aromatic rings. The Morgan fingerprint density at radius 2 is 2.29 bits per heavy atom. The maximum absolute atomic E-state index is 11.7. The number of nitrogens with zero attached hydrogens (tertiary/aromatic N) is 2. The first-order chi connectivity index (χ1) is 8.16. The van der Waals surface area contributed by atoms with E-state index in [0.717, 1.165) is 22.5 Å². The number of likely N-dealkylation sites (N-methyl/N-ethyl adjacent to an activating group) is 1. The van der Waals surface area contributed by atoms with Crippen molar-refractivity contribution in [3.05, 3.63) is 29.8 Å². The van der Waals surface area contributed by atoms with Crippen molar-refractivity contribution in [2.45, 2.75) is 6.42 Å². The van der Waals surface area contributed by atoms with Gasteiger partial charge in [-0.25, -0.2) is 0 Å². The first-order valence-corrected chi connectivity index (χ1v) is 5.36. The molecular weight excluding hydrogens is 216 g/mol. The van der Waals surface area contributed by atoms with Gasteiger partial charge in [0, 0.05) is 24.4 Å². The first kappa shape index (κ1) is 9.89. The van der Waals surface area contributed by atoms with Crippen LogP contribution in [0, 0.1) is 0 Å². The summed E-state index contributed by atoms with van der Waals surface area (Å²) < 4.78 is 0. The number of aromatic amines is 1. The minimum atomic E-state index is 0.111. The molecule has 0 atom stereocenters. The Hall–Kier alpha value is -2.30. The zero-order valence-corrected chi connectivity index (χ0v) is 9.40. The van der Waals surface area contributed by atoms with E-state index in [2.05, 4.69) is 10.2 Å². The van der Waals surface area contributed by atoms with Crippen LogP contribution in [0.15, 0.2) is 24.3 Å². The van der Waals surface area contributed by atoms with Crippen molar-refractivity contribution in [3.63, 3.8) is 0 Å². The number of amides is 1. The molecule has 86 valence electrons. The van der Waals surface area contributed by atoms with Crippen LogP contribution in [-0.4, -0.2) is 23.2 Å². The maximum atomic E-state index is 11.7. The number of H-pyrrole nitrogens is 1. The summed E-state index contributed by atoms with van der Waals surface area (Å²) in [6, 6.07) is 7.63. The monoisotopic (exact) mass is 228 g/mol. The van der Waals surface area contributed by atoms with E-state index in [-0.39, 0.29) is 5.91 Å². The van der Waals surface area contributed by atoms with Crippen molar-refractivity contribution in [2.75, 3.05) is 17.7 Å². The van der Waals surface area contributed by atoms with Crippen LogP contribution in [0.3, 0.4) is 0 Å². The van der Waals surface area contributed by atoms with Crippen molar-refractivity contribution in [2.24, 2.45) is 0 Å². The molecule has 2 heterocycles. The highest BCUT2D eigenvalue weighted by Crippen LogP contribution is 2.35. The second-order valence-corrected chi connectivity index (χ2v) is 4.14. The molecule has 0 aliphatic carbocycles. The Labute approximate surface area is 98.2 Å². The van der Waals surface area contributed by atoms with Crippen LogP contribution in [0.1, 0.15) is 5.56 Å². The van der Waals surface area contributed by atoms with E-state index in [9.17, 15) is 4.79 Å². The molecule has 0 radical (unpaired) electrons. The lowest BCUT2D eigenvalue weighted by atomic mass is 10.0. The quantitative estimate of drug-likeness (QED) is 0.769. The van der Waals surface area contributed by atoms with E-state index in [1.807, 2.05) is 18.2 Å². The van der Waals surface area contributed by atoms with Gasteiger partial charge < -0.3 is 10.6 Å². The van der Waals surface area contributed by atoms with Crippen molar-refractivity contribution in [1.82, 2.24) is 10.2 Å².